The van der Waals surface area contributed by atoms with E-state index in [1.165, 1.54) is 4.90 Å². The van der Waals surface area contributed by atoms with E-state index in [1.54, 1.807) is 26.2 Å². The smallest absolute Gasteiger partial charge is 0.244 e. The van der Waals surface area contributed by atoms with E-state index in [0.717, 1.165) is 40.1 Å². The van der Waals surface area contributed by atoms with Crippen molar-refractivity contribution in [2.75, 3.05) is 30.8 Å². The van der Waals surface area contributed by atoms with Crippen LogP contribution in [-0.4, -0.2) is 57.6 Å². The summed E-state index contributed by atoms with van der Waals surface area (Å²) in [6.07, 6.45) is 2.84. The number of anilines is 1. The highest BCUT2D eigenvalue weighted by molar-refractivity contribution is 7.92. The largest absolute Gasteiger partial charge is 0.497 e. The number of nitrogens with zero attached hydrogens (tertiary/aromatic N) is 2. The molecule has 2 aromatic carbocycles. The van der Waals surface area contributed by atoms with Crippen molar-refractivity contribution in [3.63, 3.8) is 0 Å². The van der Waals surface area contributed by atoms with Gasteiger partial charge in [0.2, 0.25) is 21.8 Å². The number of benzene rings is 2. The average molecular weight is 504 g/mol. The van der Waals surface area contributed by atoms with E-state index in [1.807, 2.05) is 51.1 Å². The molecular formula is C26H37N3O5S. The molecule has 2 amide bonds. The number of para-hydroxylation sites is 1. The monoisotopic (exact) mass is 503 g/mol. The maximum Gasteiger partial charge on any atom is 0.244 e. The van der Waals surface area contributed by atoms with Gasteiger partial charge in [-0.25, -0.2) is 8.42 Å². The zero-order chi connectivity index (χ0) is 26.2. The van der Waals surface area contributed by atoms with Crippen molar-refractivity contribution >= 4 is 27.5 Å². The Morgan fingerprint density at radius 3 is 2.29 bits per heavy atom. The number of unbranched alkanes of at least 4 members (excludes halogenated alkanes) is 1. The zero-order valence-corrected chi connectivity index (χ0v) is 22.3. The Balaban J connectivity index is 2.42. The molecule has 35 heavy (non-hydrogen) atoms. The number of carbonyl (C=O) groups is 2. The number of hydrogen-bond acceptors (Lipinski definition) is 5. The molecule has 0 aliphatic heterocycles. The van der Waals surface area contributed by atoms with Crippen LogP contribution in [0.2, 0.25) is 0 Å². The Hall–Kier alpha value is -3.07. The van der Waals surface area contributed by atoms with E-state index in [-0.39, 0.29) is 12.5 Å². The van der Waals surface area contributed by atoms with Crippen LogP contribution < -0.4 is 14.4 Å². The molecule has 0 aromatic heterocycles. The van der Waals surface area contributed by atoms with Gasteiger partial charge in [-0.1, -0.05) is 43.7 Å². The average Bonchev–Trinajstić information content (AvgIpc) is 2.80. The molecule has 0 unspecified atom stereocenters. The Morgan fingerprint density at radius 1 is 1.09 bits per heavy atom. The molecule has 0 spiro atoms. The first-order chi connectivity index (χ1) is 16.5. The van der Waals surface area contributed by atoms with Crippen LogP contribution in [0.25, 0.3) is 0 Å². The number of nitrogens with one attached hydrogen (secondary N) is 1. The van der Waals surface area contributed by atoms with Gasteiger partial charge < -0.3 is 15.0 Å². The molecule has 0 aliphatic carbocycles. The fourth-order valence-corrected chi connectivity index (χ4v) is 4.83. The normalized spacial score (nSPS) is 12.1. The van der Waals surface area contributed by atoms with Gasteiger partial charge in [0.05, 0.1) is 19.1 Å². The molecule has 0 aliphatic rings. The zero-order valence-electron chi connectivity index (χ0n) is 21.5. The summed E-state index contributed by atoms with van der Waals surface area (Å²) in [5, 5.41) is 2.87. The molecule has 1 atom stereocenters. The number of hydrogen-bond donors (Lipinski definition) is 1. The minimum Gasteiger partial charge on any atom is -0.497 e. The van der Waals surface area contributed by atoms with E-state index in [2.05, 4.69) is 5.32 Å². The first kappa shape index (κ1) is 28.2. The molecule has 192 valence electrons. The highest BCUT2D eigenvalue weighted by Crippen LogP contribution is 2.27. The van der Waals surface area contributed by atoms with Crippen LogP contribution in [0.3, 0.4) is 0 Å². The summed E-state index contributed by atoms with van der Waals surface area (Å²) in [6.45, 7) is 7.53. The third-order valence-electron chi connectivity index (χ3n) is 5.85. The molecule has 0 saturated heterocycles. The van der Waals surface area contributed by atoms with E-state index in [9.17, 15) is 18.0 Å². The van der Waals surface area contributed by atoms with Crippen LogP contribution in [0.1, 0.15) is 43.4 Å². The fourth-order valence-electron chi connectivity index (χ4n) is 3.86. The fraction of sp³-hybridized carbons (Fsp3) is 0.462. The lowest BCUT2D eigenvalue weighted by Crippen LogP contribution is -2.51. The molecule has 9 heteroatoms. The third kappa shape index (κ3) is 7.71. The van der Waals surface area contributed by atoms with Crippen LogP contribution in [0.4, 0.5) is 5.69 Å². The minimum atomic E-state index is -3.77. The lowest BCUT2D eigenvalue weighted by molar-refractivity contribution is -0.139. The van der Waals surface area contributed by atoms with Crippen LogP contribution in [0.5, 0.6) is 5.75 Å². The van der Waals surface area contributed by atoms with Gasteiger partial charge in [0.15, 0.2) is 0 Å². The van der Waals surface area contributed by atoms with Gasteiger partial charge in [-0.05, 0) is 56.0 Å². The number of sulfonamides is 1. The summed E-state index contributed by atoms with van der Waals surface area (Å²) in [5.74, 6) is -0.130. The van der Waals surface area contributed by atoms with E-state index < -0.39 is 28.5 Å². The molecule has 0 fully saturated rings. The Bertz CT molecular complexity index is 1110. The van der Waals surface area contributed by atoms with Crippen LogP contribution >= 0.6 is 0 Å². The minimum absolute atomic E-state index is 0.128. The van der Waals surface area contributed by atoms with Gasteiger partial charge in [-0.2, -0.15) is 0 Å². The quantitative estimate of drug-likeness (QED) is 0.448. The highest BCUT2D eigenvalue weighted by Gasteiger charge is 2.31. The van der Waals surface area contributed by atoms with Gasteiger partial charge in [0.1, 0.15) is 18.3 Å². The Morgan fingerprint density at radius 2 is 1.71 bits per heavy atom. The van der Waals surface area contributed by atoms with Gasteiger partial charge in [-0.15, -0.1) is 0 Å². The number of aryl methyl sites for hydroxylation is 2. The molecule has 8 nitrogen and oxygen atoms in total. The van der Waals surface area contributed by atoms with E-state index >= 15 is 0 Å². The molecule has 2 rings (SSSR count). The number of ether oxygens (including phenoxy) is 1. The van der Waals surface area contributed by atoms with Crippen molar-refractivity contribution in [1.82, 2.24) is 10.2 Å². The second-order valence-corrected chi connectivity index (χ2v) is 10.6. The molecular weight excluding hydrogens is 466 g/mol. The molecule has 0 bridgehead atoms. The summed E-state index contributed by atoms with van der Waals surface area (Å²) in [4.78, 5) is 27.9. The summed E-state index contributed by atoms with van der Waals surface area (Å²) in [5.41, 5.74) is 2.73. The van der Waals surface area contributed by atoms with Gasteiger partial charge in [0.25, 0.3) is 0 Å². The van der Waals surface area contributed by atoms with E-state index in [4.69, 9.17) is 4.74 Å². The summed E-state index contributed by atoms with van der Waals surface area (Å²) in [7, 11) is -2.22. The highest BCUT2D eigenvalue weighted by atomic mass is 32.2. The van der Waals surface area contributed by atoms with E-state index in [0.29, 0.717) is 18.0 Å². The van der Waals surface area contributed by atoms with Crippen LogP contribution in [-0.2, 0) is 26.2 Å². The second kappa shape index (κ2) is 12.6. The number of amides is 2. The molecule has 0 saturated carbocycles. The van der Waals surface area contributed by atoms with Crippen molar-refractivity contribution in [2.24, 2.45) is 0 Å². The Kier molecular flexibility index (Phi) is 10.1. The predicted molar refractivity (Wildman–Crippen MR) is 139 cm³/mol. The number of rotatable bonds is 12. The van der Waals surface area contributed by atoms with Crippen LogP contribution in [0, 0.1) is 13.8 Å². The van der Waals surface area contributed by atoms with Gasteiger partial charge in [-0.3, -0.25) is 13.9 Å². The third-order valence-corrected chi connectivity index (χ3v) is 6.96. The first-order valence-electron chi connectivity index (χ1n) is 11.7. The topological polar surface area (TPSA) is 96.0 Å². The molecule has 2 aromatic rings. The lowest BCUT2D eigenvalue weighted by atomic mass is 10.1. The maximum atomic E-state index is 13.6. The van der Waals surface area contributed by atoms with Crippen LogP contribution in [0.15, 0.2) is 42.5 Å². The maximum absolute atomic E-state index is 13.6. The van der Waals surface area contributed by atoms with Crippen molar-refractivity contribution in [1.29, 1.82) is 0 Å². The summed E-state index contributed by atoms with van der Waals surface area (Å²) >= 11 is 0. The van der Waals surface area contributed by atoms with Crippen molar-refractivity contribution in [3.05, 3.63) is 59.2 Å². The molecule has 0 radical (unpaired) electrons. The second-order valence-electron chi connectivity index (χ2n) is 8.70. The summed E-state index contributed by atoms with van der Waals surface area (Å²) in [6, 6.07) is 11.9. The standard InChI is InChI=1S/C26H37N3O5S/c1-7-8-15-27-26(31)21(4)28(17-22-13-10-14-23(16-22)34-5)24(30)18-29(35(6,32)33)25-19(2)11-9-12-20(25)3/h9-14,16,21H,7-8,15,17-18H2,1-6H3,(H,27,31)/t21-/m1/s1. The lowest BCUT2D eigenvalue weighted by Gasteiger charge is -2.32. The SMILES string of the molecule is CCCCNC(=O)[C@@H](C)N(Cc1cccc(OC)c1)C(=O)CN(c1c(C)cccc1C)S(C)(=O)=O. The van der Waals surface area contributed by atoms with Crippen molar-refractivity contribution in [2.45, 2.75) is 53.1 Å². The molecule has 1 N–H and O–H groups in total. The van der Waals surface area contributed by atoms with Gasteiger partial charge in [0, 0.05) is 13.1 Å². The summed E-state index contributed by atoms with van der Waals surface area (Å²) < 4.78 is 32.0. The van der Waals surface area contributed by atoms with Crippen molar-refractivity contribution in [3.8, 4) is 5.75 Å². The number of methoxy groups -OCH3 is 1. The number of carbonyl (C=O) groups excluding carboxylic acids is 2. The first-order valence-corrected chi connectivity index (χ1v) is 13.6. The van der Waals surface area contributed by atoms with Gasteiger partial charge >= 0.3 is 0 Å². The Labute approximate surface area is 209 Å². The van der Waals surface area contributed by atoms with Crippen molar-refractivity contribution < 1.29 is 22.7 Å². The molecule has 0 heterocycles. The predicted octanol–water partition coefficient (Wildman–Crippen LogP) is 3.41.